The fourth-order valence-corrected chi connectivity index (χ4v) is 2.83. The lowest BCUT2D eigenvalue weighted by Gasteiger charge is -2.23. The molecule has 0 saturated heterocycles. The van der Waals surface area contributed by atoms with Crippen LogP contribution in [0.3, 0.4) is 0 Å². The number of fused-ring (bicyclic) bond motifs is 1. The Morgan fingerprint density at radius 3 is 2.95 bits per heavy atom. The Morgan fingerprint density at radius 1 is 1.50 bits per heavy atom. The lowest BCUT2D eigenvalue weighted by molar-refractivity contribution is 0.163. The van der Waals surface area contributed by atoms with E-state index >= 15 is 0 Å². The van der Waals surface area contributed by atoms with Crippen molar-refractivity contribution in [2.24, 2.45) is 5.92 Å². The van der Waals surface area contributed by atoms with E-state index in [0.29, 0.717) is 13.0 Å². The molecule has 0 bridgehead atoms. The van der Waals surface area contributed by atoms with E-state index in [2.05, 4.69) is 20.7 Å². The van der Waals surface area contributed by atoms with Crippen molar-refractivity contribution in [2.75, 3.05) is 6.54 Å². The first-order chi connectivity index (χ1) is 10.5. The van der Waals surface area contributed by atoms with Crippen LogP contribution in [0.4, 0.5) is 4.79 Å². The van der Waals surface area contributed by atoms with E-state index in [9.17, 15) is 9.90 Å². The van der Waals surface area contributed by atoms with Crippen molar-refractivity contribution < 1.29 is 9.90 Å². The van der Waals surface area contributed by atoms with Gasteiger partial charge in [0, 0.05) is 19.5 Å². The zero-order valence-corrected chi connectivity index (χ0v) is 13.7. The van der Waals surface area contributed by atoms with Crippen LogP contribution in [0.1, 0.15) is 57.7 Å². The molecule has 0 aromatic carbocycles. The second-order valence-corrected chi connectivity index (χ2v) is 6.20. The van der Waals surface area contributed by atoms with Crippen LogP contribution in [-0.2, 0) is 13.0 Å². The van der Waals surface area contributed by atoms with Gasteiger partial charge in [-0.15, -0.1) is 0 Å². The zero-order chi connectivity index (χ0) is 16.1. The maximum Gasteiger partial charge on any atom is 0.315 e. The maximum absolute atomic E-state index is 12.0. The van der Waals surface area contributed by atoms with Gasteiger partial charge in [0.1, 0.15) is 5.82 Å². The Hall–Kier alpha value is -1.63. The first-order valence-corrected chi connectivity index (χ1v) is 8.15. The lowest BCUT2D eigenvalue weighted by Crippen LogP contribution is -2.41. The molecule has 1 aliphatic rings. The summed E-state index contributed by atoms with van der Waals surface area (Å²) in [7, 11) is 0. The molecule has 2 heterocycles. The number of carbonyl (C=O) groups is 1. The molecule has 1 aromatic rings. The quantitative estimate of drug-likeness (QED) is 0.740. The van der Waals surface area contributed by atoms with Crippen LogP contribution in [0.25, 0.3) is 0 Å². The molecule has 1 aromatic heterocycles. The smallest absolute Gasteiger partial charge is 0.315 e. The summed E-state index contributed by atoms with van der Waals surface area (Å²) >= 11 is 0. The monoisotopic (exact) mass is 309 g/mol. The average molecular weight is 309 g/mol. The Bertz CT molecular complexity index is 500. The van der Waals surface area contributed by atoms with Gasteiger partial charge in [0.15, 0.2) is 5.82 Å². The highest BCUT2D eigenvalue weighted by Crippen LogP contribution is 2.23. The van der Waals surface area contributed by atoms with Crippen LogP contribution in [0.5, 0.6) is 0 Å². The summed E-state index contributed by atoms with van der Waals surface area (Å²) in [5, 5.41) is 19.6. The number of nitrogens with zero attached hydrogens (tertiary/aromatic N) is 3. The van der Waals surface area contributed by atoms with Gasteiger partial charge in [0.2, 0.25) is 0 Å². The Labute approximate surface area is 131 Å². The number of carbonyl (C=O) groups excluding carboxylic acids is 1. The van der Waals surface area contributed by atoms with Crippen molar-refractivity contribution in [3.8, 4) is 0 Å². The van der Waals surface area contributed by atoms with Crippen molar-refractivity contribution in [1.29, 1.82) is 0 Å². The molecule has 3 atom stereocenters. The number of nitrogens with one attached hydrogen (secondary N) is 2. The molecule has 1 aliphatic heterocycles. The average Bonchev–Trinajstić information content (AvgIpc) is 2.89. The Kier molecular flexibility index (Phi) is 5.76. The van der Waals surface area contributed by atoms with Crippen molar-refractivity contribution in [3.05, 3.63) is 11.6 Å². The minimum absolute atomic E-state index is 0.0754. The van der Waals surface area contributed by atoms with Gasteiger partial charge >= 0.3 is 6.03 Å². The van der Waals surface area contributed by atoms with E-state index < -0.39 is 0 Å². The van der Waals surface area contributed by atoms with Crippen molar-refractivity contribution in [1.82, 2.24) is 25.4 Å². The number of amides is 2. The highest BCUT2D eigenvalue weighted by molar-refractivity contribution is 5.74. The molecule has 0 aliphatic carbocycles. The summed E-state index contributed by atoms with van der Waals surface area (Å²) in [5.41, 5.74) is 0. The van der Waals surface area contributed by atoms with Gasteiger partial charge in [-0.2, -0.15) is 5.10 Å². The number of aliphatic hydroxyl groups excluding tert-OH is 1. The van der Waals surface area contributed by atoms with Gasteiger partial charge in [0.25, 0.3) is 0 Å². The van der Waals surface area contributed by atoms with Gasteiger partial charge in [-0.05, 0) is 32.1 Å². The third kappa shape index (κ3) is 4.43. The van der Waals surface area contributed by atoms with Crippen LogP contribution in [0, 0.1) is 5.92 Å². The molecule has 0 saturated carbocycles. The molecule has 3 N–H and O–H groups in total. The summed E-state index contributed by atoms with van der Waals surface area (Å²) < 4.78 is 1.91. The number of hydrogen-bond donors (Lipinski definition) is 3. The van der Waals surface area contributed by atoms with Gasteiger partial charge in [-0.1, -0.05) is 13.8 Å². The molecule has 0 fully saturated rings. The summed E-state index contributed by atoms with van der Waals surface area (Å²) in [5.74, 6) is 1.93. The number of aryl methyl sites for hydroxylation is 2. The molecule has 3 unspecified atom stereocenters. The fraction of sp³-hybridized carbons (Fsp3) is 0.800. The number of aliphatic hydroxyl groups is 1. The SMILES string of the molecule is CCc1nc2n(n1)CCCC2NC(=O)NCC(C)CC(C)O. The minimum atomic E-state index is -0.343. The lowest BCUT2D eigenvalue weighted by atomic mass is 10.0. The summed E-state index contributed by atoms with van der Waals surface area (Å²) in [4.78, 5) is 16.6. The number of hydrogen-bond acceptors (Lipinski definition) is 4. The summed E-state index contributed by atoms with van der Waals surface area (Å²) in [6.07, 6.45) is 3.01. The topological polar surface area (TPSA) is 92.1 Å². The second-order valence-electron chi connectivity index (χ2n) is 6.20. The highest BCUT2D eigenvalue weighted by Gasteiger charge is 2.25. The third-order valence-corrected chi connectivity index (χ3v) is 3.89. The first-order valence-electron chi connectivity index (χ1n) is 8.15. The van der Waals surface area contributed by atoms with E-state index in [4.69, 9.17) is 0 Å². The molecule has 7 nitrogen and oxygen atoms in total. The second kappa shape index (κ2) is 7.58. The van der Waals surface area contributed by atoms with Crippen molar-refractivity contribution >= 4 is 6.03 Å². The largest absolute Gasteiger partial charge is 0.393 e. The van der Waals surface area contributed by atoms with Crippen molar-refractivity contribution in [2.45, 2.75) is 65.1 Å². The van der Waals surface area contributed by atoms with E-state index in [1.54, 1.807) is 6.92 Å². The molecule has 22 heavy (non-hydrogen) atoms. The van der Waals surface area contributed by atoms with Crippen molar-refractivity contribution in [3.63, 3.8) is 0 Å². The van der Waals surface area contributed by atoms with Crippen LogP contribution in [0.15, 0.2) is 0 Å². The number of urea groups is 1. The predicted octanol–water partition coefficient (Wildman–Crippen LogP) is 1.38. The van der Waals surface area contributed by atoms with Crippen LogP contribution in [-0.4, -0.2) is 38.6 Å². The normalized spacial score (nSPS) is 20.1. The van der Waals surface area contributed by atoms with Crippen LogP contribution >= 0.6 is 0 Å². The molecule has 0 radical (unpaired) electrons. The number of rotatable bonds is 6. The third-order valence-electron chi connectivity index (χ3n) is 3.89. The van der Waals surface area contributed by atoms with E-state index in [1.165, 1.54) is 0 Å². The zero-order valence-electron chi connectivity index (χ0n) is 13.7. The molecule has 0 spiro atoms. The van der Waals surface area contributed by atoms with Gasteiger partial charge in [-0.25, -0.2) is 14.5 Å². The standard InChI is InChI=1S/C15H27N5O2/c1-4-13-18-14-12(6-5-7-20(14)19-13)17-15(22)16-9-10(2)8-11(3)21/h10-12,21H,4-9H2,1-3H3,(H2,16,17,22). The summed E-state index contributed by atoms with van der Waals surface area (Å²) in [6.45, 7) is 7.22. The molecular weight excluding hydrogens is 282 g/mol. The maximum atomic E-state index is 12.0. The molecule has 2 rings (SSSR count). The Morgan fingerprint density at radius 2 is 2.27 bits per heavy atom. The van der Waals surface area contributed by atoms with Gasteiger partial charge in [0.05, 0.1) is 12.1 Å². The van der Waals surface area contributed by atoms with Gasteiger partial charge in [-0.3, -0.25) is 0 Å². The van der Waals surface area contributed by atoms with E-state index in [0.717, 1.165) is 37.5 Å². The highest BCUT2D eigenvalue weighted by atomic mass is 16.3. The minimum Gasteiger partial charge on any atom is -0.393 e. The molecule has 2 amide bonds. The van der Waals surface area contributed by atoms with Crippen LogP contribution in [0.2, 0.25) is 0 Å². The molecule has 124 valence electrons. The van der Waals surface area contributed by atoms with E-state index in [1.807, 2.05) is 18.5 Å². The van der Waals surface area contributed by atoms with Crippen LogP contribution < -0.4 is 10.6 Å². The molecular formula is C15H27N5O2. The molecule has 7 heteroatoms. The van der Waals surface area contributed by atoms with E-state index in [-0.39, 0.29) is 24.1 Å². The summed E-state index contributed by atoms with van der Waals surface area (Å²) in [6, 6.07) is -0.259. The number of aromatic nitrogens is 3. The predicted molar refractivity (Wildman–Crippen MR) is 83.4 cm³/mol. The Balaban J connectivity index is 1.86. The first kappa shape index (κ1) is 16.7. The van der Waals surface area contributed by atoms with Gasteiger partial charge < -0.3 is 15.7 Å². The fourth-order valence-electron chi connectivity index (χ4n) is 2.83.